The highest BCUT2D eigenvalue weighted by atomic mass is 35.5. The van der Waals surface area contributed by atoms with Crippen LogP contribution in [0.15, 0.2) is 18.2 Å². The van der Waals surface area contributed by atoms with E-state index in [1.54, 1.807) is 12.1 Å². The highest BCUT2D eigenvalue weighted by molar-refractivity contribution is 7.80. The summed E-state index contributed by atoms with van der Waals surface area (Å²) in [7, 11) is 0. The lowest BCUT2D eigenvalue weighted by Crippen LogP contribution is -2.30. The van der Waals surface area contributed by atoms with E-state index in [0.717, 1.165) is 24.1 Å². The Kier molecular flexibility index (Phi) is 6.41. The fourth-order valence-corrected chi connectivity index (χ4v) is 3.66. The van der Waals surface area contributed by atoms with Gasteiger partial charge in [-0.05, 0) is 56.1 Å². The highest BCUT2D eigenvalue weighted by Gasteiger charge is 2.41. The summed E-state index contributed by atoms with van der Waals surface area (Å²) >= 11 is 17.2. The average Bonchev–Trinajstić information content (AvgIpc) is 3.37. The van der Waals surface area contributed by atoms with E-state index in [1.807, 2.05) is 13.0 Å². The molecule has 0 amide bonds. The van der Waals surface area contributed by atoms with Crippen LogP contribution in [0.4, 0.5) is 18.9 Å². The maximum absolute atomic E-state index is 13.1. The number of aryl methyl sites for hydroxylation is 2. The van der Waals surface area contributed by atoms with Gasteiger partial charge in [-0.2, -0.15) is 18.3 Å². The molecule has 1 saturated carbocycles. The number of benzene rings is 1. The van der Waals surface area contributed by atoms with Crippen molar-refractivity contribution in [3.8, 4) is 0 Å². The normalized spacial score (nSPS) is 14.2. The van der Waals surface area contributed by atoms with E-state index < -0.39 is 11.9 Å². The van der Waals surface area contributed by atoms with E-state index in [1.165, 1.54) is 4.68 Å². The van der Waals surface area contributed by atoms with Crippen molar-refractivity contribution < 1.29 is 13.2 Å². The third kappa shape index (κ3) is 5.10. The zero-order chi connectivity index (χ0) is 20.5. The van der Waals surface area contributed by atoms with Crippen molar-refractivity contribution in [3.05, 3.63) is 45.2 Å². The SMILES string of the molecule is Cc1ccc(Cl)cc1NC(=S)NCCCn1nc(C(F)(F)F)c(Cl)c1C1CC1. The highest BCUT2D eigenvalue weighted by Crippen LogP contribution is 2.46. The van der Waals surface area contributed by atoms with Gasteiger partial charge in [0.25, 0.3) is 0 Å². The van der Waals surface area contributed by atoms with Crippen molar-refractivity contribution in [1.29, 1.82) is 0 Å². The molecular formula is C18H19Cl2F3N4S. The molecule has 0 unspecified atom stereocenters. The molecule has 0 saturated heterocycles. The lowest BCUT2D eigenvalue weighted by atomic mass is 10.2. The minimum Gasteiger partial charge on any atom is -0.362 e. The molecule has 1 aromatic heterocycles. The van der Waals surface area contributed by atoms with Crippen LogP contribution < -0.4 is 10.6 Å². The minimum atomic E-state index is -4.55. The molecule has 152 valence electrons. The Balaban J connectivity index is 1.55. The van der Waals surface area contributed by atoms with Crippen LogP contribution in [-0.2, 0) is 12.7 Å². The first kappa shape index (κ1) is 21.2. The first-order chi connectivity index (χ1) is 13.2. The van der Waals surface area contributed by atoms with E-state index >= 15 is 0 Å². The monoisotopic (exact) mass is 450 g/mol. The first-order valence-corrected chi connectivity index (χ1v) is 9.97. The summed E-state index contributed by atoms with van der Waals surface area (Å²) in [4.78, 5) is 0. The van der Waals surface area contributed by atoms with Gasteiger partial charge >= 0.3 is 6.18 Å². The Bertz CT molecular complexity index is 878. The molecule has 1 aliphatic carbocycles. The molecular weight excluding hydrogens is 432 g/mol. The topological polar surface area (TPSA) is 41.9 Å². The molecule has 28 heavy (non-hydrogen) atoms. The molecule has 2 aromatic rings. The Morgan fingerprint density at radius 1 is 1.32 bits per heavy atom. The van der Waals surface area contributed by atoms with Gasteiger partial charge in [0.15, 0.2) is 10.8 Å². The Morgan fingerprint density at radius 3 is 2.68 bits per heavy atom. The standard InChI is InChI=1S/C18H19Cl2F3N4S/c1-10-3-6-12(19)9-13(10)25-17(28)24-7-2-8-27-15(11-4-5-11)14(20)16(26-27)18(21,22)23/h3,6,9,11H,2,4-5,7-8H2,1H3,(H2,24,25,28). The van der Waals surface area contributed by atoms with Gasteiger partial charge in [-0.15, -0.1) is 0 Å². The second-order valence-corrected chi connectivity index (χ2v) is 7.96. The number of rotatable bonds is 6. The van der Waals surface area contributed by atoms with Crippen molar-refractivity contribution in [3.63, 3.8) is 0 Å². The predicted molar refractivity (Wildman–Crippen MR) is 109 cm³/mol. The Labute approximate surface area is 176 Å². The number of aromatic nitrogens is 2. The summed E-state index contributed by atoms with van der Waals surface area (Å²) in [6, 6.07) is 5.45. The van der Waals surface area contributed by atoms with Gasteiger partial charge in [-0.1, -0.05) is 29.3 Å². The number of nitrogens with one attached hydrogen (secondary N) is 2. The first-order valence-electron chi connectivity index (χ1n) is 8.81. The molecule has 0 spiro atoms. The third-order valence-electron chi connectivity index (χ3n) is 4.44. The minimum absolute atomic E-state index is 0.0672. The van der Waals surface area contributed by atoms with Crippen LogP contribution in [0.3, 0.4) is 0 Å². The summed E-state index contributed by atoms with van der Waals surface area (Å²) in [5, 5.41) is 10.6. The molecule has 1 heterocycles. The van der Waals surface area contributed by atoms with Gasteiger partial charge in [-0.3, -0.25) is 4.68 Å². The zero-order valence-electron chi connectivity index (χ0n) is 15.0. The van der Waals surface area contributed by atoms with E-state index in [0.29, 0.717) is 35.3 Å². The molecule has 3 rings (SSSR count). The second kappa shape index (κ2) is 8.47. The molecule has 0 atom stereocenters. The summed E-state index contributed by atoms with van der Waals surface area (Å²) < 4.78 is 40.6. The Hall–Kier alpha value is -1.51. The molecule has 10 heteroatoms. The van der Waals surface area contributed by atoms with E-state index in [-0.39, 0.29) is 10.9 Å². The molecule has 2 N–H and O–H groups in total. The number of anilines is 1. The van der Waals surface area contributed by atoms with Gasteiger partial charge in [0.1, 0.15) is 0 Å². The summed E-state index contributed by atoms with van der Waals surface area (Å²) in [6.07, 6.45) is -2.32. The predicted octanol–water partition coefficient (Wildman–Crippen LogP) is 5.77. The summed E-state index contributed by atoms with van der Waals surface area (Å²) in [5.41, 5.74) is 1.28. The van der Waals surface area contributed by atoms with Crippen molar-refractivity contribution in [2.75, 3.05) is 11.9 Å². The number of hydrogen-bond acceptors (Lipinski definition) is 2. The molecule has 1 aliphatic rings. The van der Waals surface area contributed by atoms with E-state index in [9.17, 15) is 13.2 Å². The number of halogens is 5. The van der Waals surface area contributed by atoms with Gasteiger partial charge in [0.2, 0.25) is 0 Å². The van der Waals surface area contributed by atoms with Crippen LogP contribution in [0.25, 0.3) is 0 Å². The maximum Gasteiger partial charge on any atom is 0.436 e. The zero-order valence-corrected chi connectivity index (χ0v) is 17.4. The van der Waals surface area contributed by atoms with Gasteiger partial charge in [0, 0.05) is 29.7 Å². The van der Waals surface area contributed by atoms with Gasteiger partial charge in [0.05, 0.1) is 10.7 Å². The number of alkyl halides is 3. The number of hydrogen-bond donors (Lipinski definition) is 2. The Morgan fingerprint density at radius 2 is 2.04 bits per heavy atom. The summed E-state index contributed by atoms with van der Waals surface area (Å²) in [6.45, 7) is 2.74. The van der Waals surface area contributed by atoms with Crippen LogP contribution in [-0.4, -0.2) is 21.4 Å². The lowest BCUT2D eigenvalue weighted by molar-refractivity contribution is -0.141. The fraction of sp³-hybridized carbons (Fsp3) is 0.444. The van der Waals surface area contributed by atoms with E-state index in [4.69, 9.17) is 35.4 Å². The van der Waals surface area contributed by atoms with Crippen LogP contribution in [0.5, 0.6) is 0 Å². The number of thiocarbonyl (C=S) groups is 1. The smallest absolute Gasteiger partial charge is 0.362 e. The molecule has 1 fully saturated rings. The molecule has 0 bridgehead atoms. The molecule has 4 nitrogen and oxygen atoms in total. The number of nitrogens with zero attached hydrogens (tertiary/aromatic N) is 2. The van der Waals surface area contributed by atoms with Crippen molar-refractivity contribution in [1.82, 2.24) is 15.1 Å². The van der Waals surface area contributed by atoms with Gasteiger partial charge in [-0.25, -0.2) is 0 Å². The van der Waals surface area contributed by atoms with Crippen molar-refractivity contribution in [2.24, 2.45) is 0 Å². The average molecular weight is 451 g/mol. The van der Waals surface area contributed by atoms with Crippen molar-refractivity contribution in [2.45, 2.75) is 44.8 Å². The van der Waals surface area contributed by atoms with E-state index in [2.05, 4.69) is 15.7 Å². The lowest BCUT2D eigenvalue weighted by Gasteiger charge is -2.13. The quantitative estimate of drug-likeness (QED) is 0.432. The third-order valence-corrected chi connectivity index (χ3v) is 5.30. The molecule has 0 radical (unpaired) electrons. The van der Waals surface area contributed by atoms with Crippen molar-refractivity contribution >= 4 is 46.2 Å². The van der Waals surface area contributed by atoms with Crippen LogP contribution in [0.1, 0.15) is 42.1 Å². The second-order valence-electron chi connectivity index (χ2n) is 6.74. The van der Waals surface area contributed by atoms with Crippen LogP contribution in [0, 0.1) is 6.92 Å². The molecule has 1 aromatic carbocycles. The molecule has 0 aliphatic heterocycles. The maximum atomic E-state index is 13.1. The van der Waals surface area contributed by atoms with Crippen LogP contribution >= 0.6 is 35.4 Å². The van der Waals surface area contributed by atoms with Gasteiger partial charge < -0.3 is 10.6 Å². The fourth-order valence-electron chi connectivity index (χ4n) is 2.88. The summed E-state index contributed by atoms with van der Waals surface area (Å²) in [5.74, 6) is 0.0672. The largest absolute Gasteiger partial charge is 0.436 e. The van der Waals surface area contributed by atoms with Crippen LogP contribution in [0.2, 0.25) is 10.0 Å².